The number of aromatic nitrogens is 3. The fourth-order valence-electron chi connectivity index (χ4n) is 3.92. The molecule has 2 aromatic carbocycles. The Bertz CT molecular complexity index is 1490. The number of aliphatic carboxylic acids is 1. The van der Waals surface area contributed by atoms with Crippen molar-refractivity contribution in [2.45, 2.75) is 26.2 Å². The van der Waals surface area contributed by atoms with Gasteiger partial charge in [0.2, 0.25) is 0 Å². The lowest BCUT2D eigenvalue weighted by Gasteiger charge is -2.14. The van der Waals surface area contributed by atoms with Crippen LogP contribution in [0.3, 0.4) is 0 Å². The van der Waals surface area contributed by atoms with Crippen LogP contribution in [0.15, 0.2) is 53.3 Å². The third-order valence-electron chi connectivity index (χ3n) is 5.40. The topological polar surface area (TPSA) is 77.1 Å². The van der Waals surface area contributed by atoms with Crippen LogP contribution in [-0.2, 0) is 24.1 Å². The van der Waals surface area contributed by atoms with E-state index < -0.39 is 48.0 Å². The van der Waals surface area contributed by atoms with Gasteiger partial charge in [0.15, 0.2) is 0 Å². The van der Waals surface area contributed by atoms with Crippen molar-refractivity contribution in [3.8, 4) is 11.3 Å². The Labute approximate surface area is 188 Å². The van der Waals surface area contributed by atoms with Gasteiger partial charge in [0.1, 0.15) is 18.2 Å². The molecule has 0 aliphatic carbocycles. The fraction of sp³-hybridized carbons (Fsp3) is 0.174. The molecule has 11 heteroatoms. The summed E-state index contributed by atoms with van der Waals surface area (Å²) in [5, 5.41) is 13.8. The number of carboxylic acid groups (broad SMARTS) is 1. The average molecular weight is 477 g/mol. The number of alkyl halides is 3. The zero-order valence-corrected chi connectivity index (χ0v) is 17.5. The summed E-state index contributed by atoms with van der Waals surface area (Å²) >= 11 is 0. The highest BCUT2D eigenvalue weighted by Gasteiger charge is 2.34. The van der Waals surface area contributed by atoms with Crippen LogP contribution in [0, 0.1) is 18.6 Å². The molecular formula is C23H16F5N3O3. The zero-order valence-electron chi connectivity index (χ0n) is 17.5. The highest BCUT2D eigenvalue weighted by molar-refractivity contribution is 5.97. The van der Waals surface area contributed by atoms with E-state index in [1.165, 1.54) is 28.8 Å². The molecule has 2 aromatic heterocycles. The standard InChI is InChI=1S/C23H16F5N3O3/c1-12-22(16-8-14(24)4-6-19(16)30(12)11-21(33)34)18-5-7-20(32)31(29-18)10-13-2-3-15(25)9-17(13)23(26,27)28/h2-9H,10-11H2,1H3,(H,33,34). The minimum atomic E-state index is -4.85. The molecule has 2 heterocycles. The number of hydrogen-bond acceptors (Lipinski definition) is 3. The first-order valence-corrected chi connectivity index (χ1v) is 9.90. The van der Waals surface area contributed by atoms with E-state index in [2.05, 4.69) is 5.10 Å². The van der Waals surface area contributed by atoms with Gasteiger partial charge in [0, 0.05) is 28.2 Å². The highest BCUT2D eigenvalue weighted by Crippen LogP contribution is 2.35. The van der Waals surface area contributed by atoms with E-state index in [4.69, 9.17) is 0 Å². The highest BCUT2D eigenvalue weighted by atomic mass is 19.4. The monoisotopic (exact) mass is 477 g/mol. The molecule has 6 nitrogen and oxygen atoms in total. The second kappa shape index (κ2) is 8.40. The molecule has 4 rings (SSSR count). The summed E-state index contributed by atoms with van der Waals surface area (Å²) in [6.07, 6.45) is -4.85. The van der Waals surface area contributed by atoms with Gasteiger partial charge in [0.25, 0.3) is 5.56 Å². The van der Waals surface area contributed by atoms with E-state index in [0.29, 0.717) is 28.2 Å². The number of fused-ring (bicyclic) bond motifs is 1. The molecule has 0 radical (unpaired) electrons. The van der Waals surface area contributed by atoms with Gasteiger partial charge in [-0.2, -0.15) is 18.3 Å². The quantitative estimate of drug-likeness (QED) is 0.426. The first-order valence-electron chi connectivity index (χ1n) is 9.90. The van der Waals surface area contributed by atoms with Gasteiger partial charge < -0.3 is 9.67 Å². The second-order valence-electron chi connectivity index (χ2n) is 7.62. The Hall–Kier alpha value is -4.02. The van der Waals surface area contributed by atoms with Crippen molar-refractivity contribution in [2.24, 2.45) is 0 Å². The molecule has 34 heavy (non-hydrogen) atoms. The fourth-order valence-corrected chi connectivity index (χ4v) is 3.92. The van der Waals surface area contributed by atoms with Crippen molar-refractivity contribution in [1.29, 1.82) is 0 Å². The number of hydrogen-bond donors (Lipinski definition) is 1. The Kier molecular flexibility index (Phi) is 5.72. The van der Waals surface area contributed by atoms with Crippen molar-refractivity contribution < 1.29 is 31.9 Å². The molecule has 1 N–H and O–H groups in total. The van der Waals surface area contributed by atoms with Crippen LogP contribution < -0.4 is 5.56 Å². The van der Waals surface area contributed by atoms with Crippen LogP contribution in [0.2, 0.25) is 0 Å². The van der Waals surface area contributed by atoms with Crippen molar-refractivity contribution in [1.82, 2.24) is 14.3 Å². The van der Waals surface area contributed by atoms with Crippen LogP contribution in [0.25, 0.3) is 22.2 Å². The summed E-state index contributed by atoms with van der Waals surface area (Å²) < 4.78 is 69.8. The molecule has 0 aliphatic heterocycles. The van der Waals surface area contributed by atoms with Crippen LogP contribution in [0.5, 0.6) is 0 Å². The molecule has 0 spiro atoms. The van der Waals surface area contributed by atoms with Crippen LogP contribution in [0.4, 0.5) is 22.0 Å². The number of carboxylic acids is 1. The van der Waals surface area contributed by atoms with Crippen molar-refractivity contribution in [3.05, 3.63) is 87.3 Å². The molecule has 0 bridgehead atoms. The predicted octanol–water partition coefficient (Wildman–Crippen LogP) is 4.60. The molecule has 0 atom stereocenters. The third kappa shape index (κ3) is 4.28. The number of benzene rings is 2. The molecule has 0 aliphatic rings. The number of rotatable bonds is 5. The van der Waals surface area contributed by atoms with Gasteiger partial charge in [-0.1, -0.05) is 6.07 Å². The van der Waals surface area contributed by atoms with Crippen LogP contribution in [-0.4, -0.2) is 25.4 Å². The predicted molar refractivity (Wildman–Crippen MR) is 112 cm³/mol. The Morgan fingerprint density at radius 3 is 2.38 bits per heavy atom. The summed E-state index contributed by atoms with van der Waals surface area (Å²) in [5.41, 5.74) is -1.02. The van der Waals surface area contributed by atoms with Gasteiger partial charge >= 0.3 is 12.1 Å². The molecule has 0 amide bonds. The lowest BCUT2D eigenvalue weighted by atomic mass is 10.1. The lowest BCUT2D eigenvalue weighted by molar-refractivity contribution is -0.139. The summed E-state index contributed by atoms with van der Waals surface area (Å²) in [5.74, 6) is -2.80. The summed E-state index contributed by atoms with van der Waals surface area (Å²) in [6.45, 7) is 0.579. The lowest BCUT2D eigenvalue weighted by Crippen LogP contribution is -2.24. The number of halogens is 5. The minimum Gasteiger partial charge on any atom is -0.480 e. The summed E-state index contributed by atoms with van der Waals surface area (Å²) in [6, 6.07) is 8.32. The van der Waals surface area contributed by atoms with Crippen LogP contribution >= 0.6 is 0 Å². The Morgan fingerprint density at radius 1 is 1.03 bits per heavy atom. The van der Waals surface area contributed by atoms with E-state index in [-0.39, 0.29) is 11.3 Å². The molecular weight excluding hydrogens is 461 g/mol. The maximum atomic E-state index is 14.0. The van der Waals surface area contributed by atoms with Gasteiger partial charge in [-0.3, -0.25) is 9.59 Å². The molecule has 0 saturated carbocycles. The van der Waals surface area contributed by atoms with E-state index in [1.807, 2.05) is 0 Å². The smallest absolute Gasteiger partial charge is 0.416 e. The van der Waals surface area contributed by atoms with E-state index in [0.717, 1.165) is 22.9 Å². The van der Waals surface area contributed by atoms with Crippen molar-refractivity contribution >= 4 is 16.9 Å². The van der Waals surface area contributed by atoms with Crippen molar-refractivity contribution in [3.63, 3.8) is 0 Å². The maximum absolute atomic E-state index is 14.0. The van der Waals surface area contributed by atoms with E-state index in [9.17, 15) is 36.6 Å². The maximum Gasteiger partial charge on any atom is 0.416 e. The van der Waals surface area contributed by atoms with Gasteiger partial charge in [-0.25, -0.2) is 13.5 Å². The second-order valence-corrected chi connectivity index (χ2v) is 7.62. The van der Waals surface area contributed by atoms with Crippen molar-refractivity contribution in [2.75, 3.05) is 0 Å². The summed E-state index contributed by atoms with van der Waals surface area (Å²) in [7, 11) is 0. The Balaban J connectivity index is 1.88. The normalized spacial score (nSPS) is 11.8. The SMILES string of the molecule is Cc1c(-c2ccc(=O)n(Cc3ccc(F)cc3C(F)(F)F)n2)c2cc(F)ccc2n1CC(=O)O. The zero-order chi connectivity index (χ0) is 24.8. The molecule has 0 unspecified atom stereocenters. The van der Waals surface area contributed by atoms with Gasteiger partial charge in [0.05, 0.1) is 17.8 Å². The first kappa shape index (κ1) is 23.1. The third-order valence-corrected chi connectivity index (χ3v) is 5.40. The first-order chi connectivity index (χ1) is 16.0. The minimum absolute atomic E-state index is 0.132. The number of carbonyl (C=O) groups is 1. The van der Waals surface area contributed by atoms with E-state index in [1.54, 1.807) is 6.92 Å². The molecule has 176 valence electrons. The molecule has 4 aromatic rings. The average Bonchev–Trinajstić information content (AvgIpc) is 3.00. The van der Waals surface area contributed by atoms with E-state index >= 15 is 0 Å². The number of nitrogens with zero attached hydrogens (tertiary/aromatic N) is 3. The van der Waals surface area contributed by atoms with Gasteiger partial charge in [-0.05, 0) is 48.9 Å². The Morgan fingerprint density at radius 2 is 1.71 bits per heavy atom. The molecule has 0 fully saturated rings. The van der Waals surface area contributed by atoms with Crippen LogP contribution in [0.1, 0.15) is 16.8 Å². The van der Waals surface area contributed by atoms with Gasteiger partial charge in [-0.15, -0.1) is 0 Å². The molecule has 0 saturated heterocycles. The summed E-state index contributed by atoms with van der Waals surface area (Å²) in [4.78, 5) is 23.7. The largest absolute Gasteiger partial charge is 0.480 e.